The van der Waals surface area contributed by atoms with E-state index in [1.54, 1.807) is 6.08 Å². The van der Waals surface area contributed by atoms with Crippen molar-refractivity contribution in [3.63, 3.8) is 0 Å². The van der Waals surface area contributed by atoms with Crippen LogP contribution in [-0.4, -0.2) is 71.8 Å². The maximum atomic E-state index is 12.5. The van der Waals surface area contributed by atoms with Crippen molar-refractivity contribution in [1.29, 1.82) is 0 Å². The third kappa shape index (κ3) is 4.17. The molecule has 2 saturated heterocycles. The van der Waals surface area contributed by atoms with E-state index in [0.29, 0.717) is 19.7 Å². The van der Waals surface area contributed by atoms with Gasteiger partial charge in [0.15, 0.2) is 0 Å². The van der Waals surface area contributed by atoms with Crippen LogP contribution in [0.2, 0.25) is 0 Å². The molecule has 0 aromatic heterocycles. The number of hydrogen-bond acceptors (Lipinski definition) is 4. The van der Waals surface area contributed by atoms with E-state index in [-0.39, 0.29) is 17.6 Å². The predicted octanol–water partition coefficient (Wildman–Crippen LogP) is 2.16. The molecule has 1 amide bonds. The van der Waals surface area contributed by atoms with Gasteiger partial charge in [-0.15, -0.1) is 0 Å². The Bertz CT molecular complexity index is 646. The lowest BCUT2D eigenvalue weighted by atomic mass is 9.77. The van der Waals surface area contributed by atoms with Crippen molar-refractivity contribution >= 4 is 12.0 Å². The van der Waals surface area contributed by atoms with E-state index in [2.05, 4.69) is 4.90 Å². The van der Waals surface area contributed by atoms with E-state index < -0.39 is 5.60 Å². The van der Waals surface area contributed by atoms with E-state index in [9.17, 15) is 9.90 Å². The van der Waals surface area contributed by atoms with E-state index in [1.807, 2.05) is 62.3 Å². The smallest absolute Gasteiger partial charge is 0.246 e. The third-order valence-electron chi connectivity index (χ3n) is 5.78. The van der Waals surface area contributed by atoms with Crippen molar-refractivity contribution in [1.82, 2.24) is 9.80 Å². The van der Waals surface area contributed by atoms with Crippen molar-refractivity contribution in [2.45, 2.75) is 43.4 Å². The second kappa shape index (κ2) is 7.51. The molecule has 2 aliphatic rings. The van der Waals surface area contributed by atoms with Crippen LogP contribution in [0.5, 0.6) is 0 Å². The number of carbonyl (C=O) groups excluding carboxylic acids is 1. The zero-order chi connectivity index (χ0) is 18.8. The lowest BCUT2D eigenvalue weighted by Crippen LogP contribution is -2.62. The van der Waals surface area contributed by atoms with Gasteiger partial charge < -0.3 is 19.6 Å². The molecule has 2 fully saturated rings. The van der Waals surface area contributed by atoms with Gasteiger partial charge >= 0.3 is 0 Å². The molecule has 1 aromatic carbocycles. The standard InChI is InChI=1S/C21H30N2O3/c1-20(25)16-26-21(15-18(20)22(2)3)11-13-23(14-12-21)19(24)10-9-17-7-5-4-6-8-17/h4-10,18,25H,11-16H2,1-3H3/b10-9+/t18-,20-/m0/s1. The number of likely N-dealkylation sites (tertiary alicyclic amines) is 1. The first-order valence-corrected chi connectivity index (χ1v) is 9.36. The van der Waals surface area contributed by atoms with Crippen LogP contribution in [0.15, 0.2) is 36.4 Å². The molecule has 0 unspecified atom stereocenters. The number of piperidine rings is 1. The number of rotatable bonds is 3. The minimum absolute atomic E-state index is 0.0515. The molecule has 2 heterocycles. The molecule has 0 radical (unpaired) electrons. The number of nitrogens with zero attached hydrogens (tertiary/aromatic N) is 2. The highest BCUT2D eigenvalue weighted by molar-refractivity contribution is 5.91. The van der Waals surface area contributed by atoms with Crippen LogP contribution in [-0.2, 0) is 9.53 Å². The molecular formula is C21H30N2O3. The minimum atomic E-state index is -0.833. The molecule has 2 atom stereocenters. The van der Waals surface area contributed by atoms with E-state index >= 15 is 0 Å². The summed E-state index contributed by atoms with van der Waals surface area (Å²) in [6.07, 6.45) is 5.96. The summed E-state index contributed by atoms with van der Waals surface area (Å²) < 4.78 is 6.13. The molecule has 26 heavy (non-hydrogen) atoms. The number of aliphatic hydroxyl groups is 1. The van der Waals surface area contributed by atoms with E-state index in [4.69, 9.17) is 4.74 Å². The minimum Gasteiger partial charge on any atom is -0.386 e. The Morgan fingerprint density at radius 3 is 2.54 bits per heavy atom. The van der Waals surface area contributed by atoms with Gasteiger partial charge in [0.05, 0.1) is 12.2 Å². The Balaban J connectivity index is 1.58. The Morgan fingerprint density at radius 2 is 1.92 bits per heavy atom. The van der Waals surface area contributed by atoms with Gasteiger partial charge in [-0.25, -0.2) is 0 Å². The zero-order valence-corrected chi connectivity index (χ0v) is 16.0. The van der Waals surface area contributed by atoms with Crippen LogP contribution in [0.3, 0.4) is 0 Å². The Morgan fingerprint density at radius 1 is 1.27 bits per heavy atom. The number of hydrogen-bond donors (Lipinski definition) is 1. The predicted molar refractivity (Wildman–Crippen MR) is 103 cm³/mol. The van der Waals surface area contributed by atoms with E-state index in [0.717, 1.165) is 24.8 Å². The van der Waals surface area contributed by atoms with Crippen molar-refractivity contribution in [3.05, 3.63) is 42.0 Å². The zero-order valence-electron chi connectivity index (χ0n) is 16.0. The SMILES string of the molecule is CN(C)[C@H]1CC2(CCN(C(=O)/C=C/c3ccccc3)CC2)OC[C@]1(C)O. The lowest BCUT2D eigenvalue weighted by Gasteiger charge is -2.52. The average Bonchev–Trinajstić information content (AvgIpc) is 2.63. The van der Waals surface area contributed by atoms with Crippen LogP contribution in [0.4, 0.5) is 0 Å². The second-order valence-corrected chi connectivity index (χ2v) is 8.08. The van der Waals surface area contributed by atoms with E-state index in [1.165, 1.54) is 0 Å². The van der Waals surface area contributed by atoms with Gasteiger partial charge in [-0.3, -0.25) is 4.79 Å². The van der Waals surface area contributed by atoms with Crippen LogP contribution in [0.25, 0.3) is 6.08 Å². The van der Waals surface area contributed by atoms with Gasteiger partial charge in [-0.05, 0) is 51.9 Å². The molecule has 1 N–H and O–H groups in total. The first-order valence-electron chi connectivity index (χ1n) is 9.36. The number of benzene rings is 1. The summed E-state index contributed by atoms with van der Waals surface area (Å²) in [6, 6.07) is 9.93. The molecule has 5 nitrogen and oxygen atoms in total. The summed E-state index contributed by atoms with van der Waals surface area (Å²) in [6.45, 7) is 3.58. The van der Waals surface area contributed by atoms with Gasteiger partial charge in [-0.2, -0.15) is 0 Å². The molecular weight excluding hydrogens is 328 g/mol. The Labute approximate surface area is 156 Å². The van der Waals surface area contributed by atoms with Gasteiger partial charge in [0.1, 0.15) is 5.60 Å². The summed E-state index contributed by atoms with van der Waals surface area (Å²) in [5.74, 6) is 0.0515. The number of ether oxygens (including phenoxy) is 1. The molecule has 0 saturated carbocycles. The van der Waals surface area contributed by atoms with Gasteiger partial charge in [0.2, 0.25) is 5.91 Å². The summed E-state index contributed by atoms with van der Waals surface area (Å²) >= 11 is 0. The first-order chi connectivity index (χ1) is 12.3. The van der Waals surface area contributed by atoms with Crippen molar-refractivity contribution in [2.24, 2.45) is 0 Å². The van der Waals surface area contributed by atoms with Gasteiger partial charge in [0, 0.05) is 25.2 Å². The van der Waals surface area contributed by atoms with Crippen LogP contribution in [0, 0.1) is 0 Å². The molecule has 3 rings (SSSR count). The molecule has 0 bridgehead atoms. The fourth-order valence-corrected chi connectivity index (χ4v) is 4.09. The largest absolute Gasteiger partial charge is 0.386 e. The summed E-state index contributed by atoms with van der Waals surface area (Å²) in [7, 11) is 4.01. The molecule has 1 spiro atoms. The number of likely N-dealkylation sites (N-methyl/N-ethyl adjacent to an activating group) is 1. The molecule has 5 heteroatoms. The molecule has 1 aromatic rings. The highest BCUT2D eigenvalue weighted by atomic mass is 16.5. The van der Waals surface area contributed by atoms with Gasteiger partial charge in [0.25, 0.3) is 0 Å². The highest BCUT2D eigenvalue weighted by Crippen LogP contribution is 2.39. The monoisotopic (exact) mass is 358 g/mol. The Hall–Kier alpha value is -1.69. The van der Waals surface area contributed by atoms with Crippen molar-refractivity contribution in [3.8, 4) is 0 Å². The quantitative estimate of drug-likeness (QED) is 0.842. The molecule has 142 valence electrons. The topological polar surface area (TPSA) is 53.0 Å². The van der Waals surface area contributed by atoms with Crippen LogP contribution < -0.4 is 0 Å². The van der Waals surface area contributed by atoms with Gasteiger partial charge in [-0.1, -0.05) is 30.3 Å². The second-order valence-electron chi connectivity index (χ2n) is 8.08. The first kappa shape index (κ1) is 19.1. The highest BCUT2D eigenvalue weighted by Gasteiger charge is 2.49. The van der Waals surface area contributed by atoms with Crippen molar-refractivity contribution < 1.29 is 14.6 Å². The third-order valence-corrected chi connectivity index (χ3v) is 5.78. The average molecular weight is 358 g/mol. The molecule has 0 aliphatic carbocycles. The fraction of sp³-hybridized carbons (Fsp3) is 0.571. The van der Waals surface area contributed by atoms with Crippen molar-refractivity contribution in [2.75, 3.05) is 33.8 Å². The van der Waals surface area contributed by atoms with Crippen LogP contribution >= 0.6 is 0 Å². The summed E-state index contributed by atoms with van der Waals surface area (Å²) in [4.78, 5) is 16.5. The molecule has 2 aliphatic heterocycles. The van der Waals surface area contributed by atoms with Crippen LogP contribution in [0.1, 0.15) is 31.7 Å². The number of carbonyl (C=O) groups is 1. The number of amides is 1. The summed E-state index contributed by atoms with van der Waals surface area (Å²) in [5.41, 5.74) is -0.0296. The lowest BCUT2D eigenvalue weighted by molar-refractivity contribution is -0.206. The maximum Gasteiger partial charge on any atom is 0.246 e. The fourth-order valence-electron chi connectivity index (χ4n) is 4.09. The maximum absolute atomic E-state index is 12.5. The Kier molecular flexibility index (Phi) is 5.51. The summed E-state index contributed by atoms with van der Waals surface area (Å²) in [5, 5.41) is 10.6. The normalized spacial score (nSPS) is 28.8.